The molecule has 1 saturated heterocycles. The number of alkyl carbamates (subject to hydrolysis) is 1. The number of carbonyl (C=O) groups is 3. The predicted octanol–water partition coefficient (Wildman–Crippen LogP) is 5.37. The molecule has 0 aromatic heterocycles. The fourth-order valence-corrected chi connectivity index (χ4v) is 5.70. The number of nitrogens with zero attached hydrogens (tertiary/aromatic N) is 1. The summed E-state index contributed by atoms with van der Waals surface area (Å²) in [6.07, 6.45) is 2.51. The summed E-state index contributed by atoms with van der Waals surface area (Å²) in [6.45, 7) is 5.28. The summed E-state index contributed by atoms with van der Waals surface area (Å²) in [5.74, 6) is -0.452. The zero-order valence-electron chi connectivity index (χ0n) is 20.8. The molecule has 1 N–H and O–H groups in total. The van der Waals surface area contributed by atoms with Gasteiger partial charge < -0.3 is 14.8 Å². The van der Waals surface area contributed by atoms with Crippen LogP contribution in [0.25, 0.3) is 0 Å². The quantitative estimate of drug-likeness (QED) is 0.191. The third kappa shape index (κ3) is 6.38. The van der Waals surface area contributed by atoms with Crippen molar-refractivity contribution >= 4 is 52.3 Å². The molecule has 0 aliphatic carbocycles. The topological polar surface area (TPSA) is 84.9 Å². The number of halogens is 1. The van der Waals surface area contributed by atoms with Crippen molar-refractivity contribution in [1.29, 1.82) is 0 Å². The van der Waals surface area contributed by atoms with E-state index in [9.17, 15) is 14.4 Å². The van der Waals surface area contributed by atoms with Crippen LogP contribution in [0.5, 0.6) is 0 Å². The highest BCUT2D eigenvalue weighted by Crippen LogP contribution is 2.42. The van der Waals surface area contributed by atoms with E-state index < -0.39 is 35.2 Å². The summed E-state index contributed by atoms with van der Waals surface area (Å²) < 4.78 is 12.2. The van der Waals surface area contributed by atoms with Gasteiger partial charge in [0.05, 0.1) is 0 Å². The number of rotatable bonds is 7. The minimum atomic E-state index is -0.781. The summed E-state index contributed by atoms with van der Waals surface area (Å²) in [5.41, 5.74) is 1.90. The van der Waals surface area contributed by atoms with Gasteiger partial charge in [-0.25, -0.2) is 9.59 Å². The molecule has 2 aliphatic heterocycles. The van der Waals surface area contributed by atoms with Gasteiger partial charge in [0.1, 0.15) is 22.7 Å². The second kappa shape index (κ2) is 11.7. The minimum absolute atomic E-state index is 0.217. The Morgan fingerprint density at radius 3 is 2.24 bits per heavy atom. The van der Waals surface area contributed by atoms with Crippen molar-refractivity contribution in [3.63, 3.8) is 0 Å². The molecule has 37 heavy (non-hydrogen) atoms. The van der Waals surface area contributed by atoms with Crippen LogP contribution in [0.15, 0.2) is 84.1 Å². The summed E-state index contributed by atoms with van der Waals surface area (Å²) >= 11 is 3.71. The van der Waals surface area contributed by atoms with Gasteiger partial charge in [0.15, 0.2) is 6.10 Å². The number of thioether (sulfide) groups is 1. The second-order valence-electron chi connectivity index (χ2n) is 9.57. The number of benzene rings is 2. The molecule has 2 aromatic rings. The first-order valence-electron chi connectivity index (χ1n) is 11.9. The van der Waals surface area contributed by atoms with Gasteiger partial charge in [0, 0.05) is 10.2 Å². The smallest absolute Gasteiger partial charge is 0.408 e. The van der Waals surface area contributed by atoms with Crippen LogP contribution in [-0.2, 0) is 19.1 Å². The molecule has 0 radical (unpaired) electrons. The number of amides is 2. The van der Waals surface area contributed by atoms with Crippen LogP contribution >= 0.6 is 34.4 Å². The van der Waals surface area contributed by atoms with Crippen molar-refractivity contribution in [3.8, 4) is 0 Å². The number of esters is 1. The molecular formula is C28H29IN2O5S. The molecule has 0 saturated carbocycles. The lowest BCUT2D eigenvalue weighted by atomic mass is 10.0. The molecule has 2 heterocycles. The third-order valence-corrected chi connectivity index (χ3v) is 7.51. The predicted molar refractivity (Wildman–Crippen MR) is 152 cm³/mol. The van der Waals surface area contributed by atoms with E-state index in [4.69, 9.17) is 9.47 Å². The maximum atomic E-state index is 13.7. The normalized spacial score (nSPS) is 19.5. The Hall–Kier alpha value is -2.79. The number of nitrogens with one attached hydrogen (secondary N) is 1. The van der Waals surface area contributed by atoms with Gasteiger partial charge in [-0.3, -0.25) is 9.69 Å². The van der Waals surface area contributed by atoms with Gasteiger partial charge in [0.2, 0.25) is 0 Å². The lowest BCUT2D eigenvalue weighted by Gasteiger charge is -2.49. The summed E-state index contributed by atoms with van der Waals surface area (Å²) in [7, 11) is 0. The maximum Gasteiger partial charge on any atom is 0.408 e. The van der Waals surface area contributed by atoms with Crippen LogP contribution in [-0.4, -0.2) is 50.1 Å². The molecule has 4 rings (SSSR count). The van der Waals surface area contributed by atoms with Crippen LogP contribution < -0.4 is 5.32 Å². The Morgan fingerprint density at radius 1 is 1.11 bits per heavy atom. The summed E-state index contributed by atoms with van der Waals surface area (Å²) in [6, 6.07) is 18.2. The Balaban J connectivity index is 1.62. The van der Waals surface area contributed by atoms with E-state index in [0.29, 0.717) is 11.3 Å². The second-order valence-corrected chi connectivity index (χ2v) is 11.6. The molecule has 0 spiro atoms. The minimum Gasteiger partial charge on any atom is -0.448 e. The Kier molecular flexibility index (Phi) is 8.63. The van der Waals surface area contributed by atoms with Crippen LogP contribution in [0, 0.1) is 0 Å². The largest absolute Gasteiger partial charge is 0.448 e. The molecule has 2 atom stereocenters. The Morgan fingerprint density at radius 2 is 1.70 bits per heavy atom. The van der Waals surface area contributed by atoms with Gasteiger partial charge in [-0.05, 0) is 37.5 Å². The Bertz CT molecular complexity index is 1170. The number of β-lactam (4-membered cyclic amide) rings is 1. The Labute approximate surface area is 234 Å². The molecule has 9 heteroatoms. The van der Waals surface area contributed by atoms with Crippen LogP contribution in [0.2, 0.25) is 0 Å². The highest BCUT2D eigenvalue weighted by atomic mass is 127. The van der Waals surface area contributed by atoms with Crippen LogP contribution in [0.4, 0.5) is 4.79 Å². The third-order valence-electron chi connectivity index (χ3n) is 5.70. The van der Waals surface area contributed by atoms with E-state index in [1.807, 2.05) is 72.8 Å². The number of allylic oxidation sites excluding steroid dienone is 2. The number of fused-ring (bicyclic) bond motifs is 1. The lowest BCUT2D eigenvalue weighted by Crippen LogP contribution is -2.70. The molecular weight excluding hydrogens is 603 g/mol. The molecule has 1 fully saturated rings. The van der Waals surface area contributed by atoms with E-state index in [2.05, 4.69) is 27.9 Å². The van der Waals surface area contributed by atoms with Crippen LogP contribution in [0.1, 0.15) is 38.0 Å². The molecule has 2 amide bonds. The number of hydrogen-bond donors (Lipinski definition) is 1. The van der Waals surface area contributed by atoms with E-state index in [1.165, 1.54) is 16.7 Å². The van der Waals surface area contributed by atoms with Crippen molar-refractivity contribution in [2.45, 2.75) is 43.9 Å². The summed E-state index contributed by atoms with van der Waals surface area (Å²) in [5, 5.41) is 2.24. The first kappa shape index (κ1) is 27.3. The molecule has 2 aliphatic rings. The van der Waals surface area contributed by atoms with Gasteiger partial charge in [0.25, 0.3) is 5.91 Å². The number of hydrogen-bond acceptors (Lipinski definition) is 6. The molecule has 7 nitrogen and oxygen atoms in total. The van der Waals surface area contributed by atoms with E-state index >= 15 is 0 Å². The van der Waals surface area contributed by atoms with Crippen molar-refractivity contribution in [2.24, 2.45) is 0 Å². The van der Waals surface area contributed by atoms with Gasteiger partial charge in [-0.1, -0.05) is 95.4 Å². The number of alkyl halides is 1. The maximum absolute atomic E-state index is 13.7. The lowest BCUT2D eigenvalue weighted by molar-refractivity contribution is -0.153. The monoisotopic (exact) mass is 632 g/mol. The van der Waals surface area contributed by atoms with Gasteiger partial charge >= 0.3 is 12.1 Å². The van der Waals surface area contributed by atoms with E-state index in [-0.39, 0.29) is 11.6 Å². The first-order chi connectivity index (χ1) is 17.7. The number of carbonyl (C=O) groups excluding carboxylic acids is 3. The number of ether oxygens (including phenoxy) is 2. The average molecular weight is 633 g/mol. The van der Waals surface area contributed by atoms with E-state index in [0.717, 1.165) is 15.6 Å². The SMILES string of the molecule is CC(C)(C)OC(=O)NC1C(=O)N2C(C(=O)OC(c3ccccc3)c3ccccc3)=C(C=CCI)CS[C@@H]12. The van der Waals surface area contributed by atoms with Gasteiger partial charge in [-0.15, -0.1) is 11.8 Å². The average Bonchev–Trinajstić information content (AvgIpc) is 2.88. The molecule has 1 unspecified atom stereocenters. The molecule has 0 bridgehead atoms. The van der Waals surface area contributed by atoms with Crippen molar-refractivity contribution in [2.75, 3.05) is 10.2 Å². The van der Waals surface area contributed by atoms with Crippen molar-refractivity contribution < 1.29 is 23.9 Å². The van der Waals surface area contributed by atoms with Crippen LogP contribution in [0.3, 0.4) is 0 Å². The standard InChI is InChI=1S/C28H29IN2O5S/c1-28(2,3)36-27(34)30-21-24(32)31-22(20(15-10-16-29)17-37-25(21)31)26(33)35-23(18-11-6-4-7-12-18)19-13-8-5-9-14-19/h4-15,21,23,25H,16-17H2,1-3H3,(H,30,34)/t21?,25-/m0/s1. The first-order valence-corrected chi connectivity index (χ1v) is 14.5. The van der Waals surface area contributed by atoms with Crippen molar-refractivity contribution in [3.05, 3.63) is 95.2 Å². The molecule has 194 valence electrons. The van der Waals surface area contributed by atoms with Crippen molar-refractivity contribution in [1.82, 2.24) is 10.2 Å². The molecule has 2 aromatic carbocycles. The zero-order chi connectivity index (χ0) is 26.6. The highest BCUT2D eigenvalue weighted by Gasteiger charge is 2.54. The zero-order valence-corrected chi connectivity index (χ0v) is 23.8. The fourth-order valence-electron chi connectivity index (χ4n) is 4.13. The highest BCUT2D eigenvalue weighted by molar-refractivity contribution is 14.1. The van der Waals surface area contributed by atoms with Gasteiger partial charge in [-0.2, -0.15) is 0 Å². The van der Waals surface area contributed by atoms with E-state index in [1.54, 1.807) is 20.8 Å². The fraction of sp³-hybridized carbons (Fsp3) is 0.321. The summed E-state index contributed by atoms with van der Waals surface area (Å²) in [4.78, 5) is 40.8.